The molecule has 1 aromatic rings. The Kier molecular flexibility index (Phi) is 4.97. The maximum atomic E-state index is 5.70. The zero-order chi connectivity index (χ0) is 15.6. The molecule has 2 atom stereocenters. The number of fused-ring (bicyclic) bond motifs is 1. The van der Waals surface area contributed by atoms with Gasteiger partial charge in [-0.25, -0.2) is 0 Å². The van der Waals surface area contributed by atoms with Gasteiger partial charge in [-0.3, -0.25) is 9.58 Å². The molecule has 0 aromatic carbocycles. The summed E-state index contributed by atoms with van der Waals surface area (Å²) in [7, 11) is 2.08. The molecule has 2 unspecified atom stereocenters. The Morgan fingerprint density at radius 2 is 2.13 bits per heavy atom. The van der Waals surface area contributed by atoms with E-state index in [1.807, 2.05) is 4.68 Å². The quantitative estimate of drug-likeness (QED) is 0.849. The van der Waals surface area contributed by atoms with Crippen LogP contribution in [0.25, 0.3) is 0 Å². The largest absolute Gasteiger partial charge is 0.380 e. The van der Waals surface area contributed by atoms with Crippen molar-refractivity contribution in [1.29, 1.82) is 0 Å². The third-order valence-corrected chi connectivity index (χ3v) is 7.05. The lowest BCUT2D eigenvalue weighted by molar-refractivity contribution is 0.0350. The van der Waals surface area contributed by atoms with Crippen LogP contribution in [0.1, 0.15) is 55.7 Å². The molecule has 1 aromatic heterocycles. The van der Waals surface area contributed by atoms with Crippen LogP contribution in [0.4, 0.5) is 0 Å². The molecule has 0 radical (unpaired) electrons. The van der Waals surface area contributed by atoms with E-state index >= 15 is 0 Å². The molecular formula is C18H29N3OS. The fraction of sp³-hybridized carbons (Fsp3) is 0.833. The summed E-state index contributed by atoms with van der Waals surface area (Å²) in [5.74, 6) is 1.94. The summed E-state index contributed by atoms with van der Waals surface area (Å²) in [6.45, 7) is 4.17. The van der Waals surface area contributed by atoms with Gasteiger partial charge in [-0.1, -0.05) is 19.3 Å². The highest BCUT2D eigenvalue weighted by Gasteiger charge is 2.35. The van der Waals surface area contributed by atoms with E-state index in [1.54, 1.807) is 0 Å². The number of nitrogens with zero attached hydrogens (tertiary/aromatic N) is 3. The summed E-state index contributed by atoms with van der Waals surface area (Å²) >= 11 is 2.11. The first-order chi connectivity index (χ1) is 11.3. The predicted molar refractivity (Wildman–Crippen MR) is 94.9 cm³/mol. The molecule has 3 aliphatic rings. The van der Waals surface area contributed by atoms with Crippen molar-refractivity contribution in [3.8, 4) is 0 Å². The number of hydrogen-bond acceptors (Lipinski definition) is 4. The molecule has 3 fully saturated rings. The van der Waals surface area contributed by atoms with Gasteiger partial charge >= 0.3 is 0 Å². The van der Waals surface area contributed by atoms with Gasteiger partial charge in [0.15, 0.2) is 0 Å². The standard InChI is InChI=1S/C18H29N3OS/c1-20-11-15(18(19-20)14-5-3-2-4-6-14)12-21-8-10-23-17-13-22-9-7-16(17)21/h11,14,16-17H,2-10,12-13H2,1H3. The summed E-state index contributed by atoms with van der Waals surface area (Å²) < 4.78 is 7.74. The lowest BCUT2D eigenvalue weighted by Gasteiger charge is -2.43. The second-order valence-electron chi connectivity index (χ2n) is 7.36. The smallest absolute Gasteiger partial charge is 0.0700 e. The average molecular weight is 336 g/mol. The molecule has 0 N–H and O–H groups in total. The third-order valence-electron chi connectivity index (χ3n) is 5.75. The Balaban J connectivity index is 1.51. The van der Waals surface area contributed by atoms with Crippen LogP contribution in [0.5, 0.6) is 0 Å². The SMILES string of the molecule is Cn1cc(CN2CCSC3COCCC32)c(C2CCCCC2)n1. The Morgan fingerprint density at radius 1 is 1.26 bits per heavy atom. The van der Waals surface area contributed by atoms with Crippen LogP contribution < -0.4 is 0 Å². The molecule has 4 nitrogen and oxygen atoms in total. The van der Waals surface area contributed by atoms with Crippen LogP contribution in [-0.2, 0) is 18.3 Å². The maximum absolute atomic E-state index is 5.70. The fourth-order valence-electron chi connectivity index (χ4n) is 4.58. The molecule has 3 heterocycles. The number of aromatic nitrogens is 2. The highest BCUT2D eigenvalue weighted by Crippen LogP contribution is 2.36. The minimum Gasteiger partial charge on any atom is -0.380 e. The third kappa shape index (κ3) is 3.47. The van der Waals surface area contributed by atoms with E-state index in [0.29, 0.717) is 17.2 Å². The minimum absolute atomic E-state index is 0.673. The van der Waals surface area contributed by atoms with E-state index in [4.69, 9.17) is 9.84 Å². The topological polar surface area (TPSA) is 30.3 Å². The van der Waals surface area contributed by atoms with E-state index in [-0.39, 0.29) is 0 Å². The first-order valence-electron chi connectivity index (χ1n) is 9.27. The zero-order valence-corrected chi connectivity index (χ0v) is 15.1. The predicted octanol–water partition coefficient (Wildman–Crippen LogP) is 3.17. The Morgan fingerprint density at radius 3 is 3.00 bits per heavy atom. The van der Waals surface area contributed by atoms with Crippen molar-refractivity contribution in [3.63, 3.8) is 0 Å². The first-order valence-corrected chi connectivity index (χ1v) is 10.3. The molecule has 1 aliphatic carbocycles. The van der Waals surface area contributed by atoms with Crippen molar-refractivity contribution in [2.24, 2.45) is 7.05 Å². The summed E-state index contributed by atoms with van der Waals surface area (Å²) in [5.41, 5.74) is 2.88. The Hall–Kier alpha value is -0.520. The lowest BCUT2D eigenvalue weighted by Crippen LogP contribution is -2.51. The number of rotatable bonds is 3. The van der Waals surface area contributed by atoms with Crippen LogP contribution in [-0.4, -0.2) is 51.5 Å². The van der Waals surface area contributed by atoms with Crippen molar-refractivity contribution in [3.05, 3.63) is 17.5 Å². The maximum Gasteiger partial charge on any atom is 0.0700 e. The van der Waals surface area contributed by atoms with Gasteiger partial charge in [-0.2, -0.15) is 16.9 Å². The Labute approximate surface area is 143 Å². The van der Waals surface area contributed by atoms with Crippen molar-refractivity contribution >= 4 is 11.8 Å². The molecule has 0 bridgehead atoms. The Bertz CT molecular complexity index is 524. The molecule has 5 heteroatoms. The van der Waals surface area contributed by atoms with Crippen LogP contribution in [0, 0.1) is 0 Å². The van der Waals surface area contributed by atoms with Gasteiger partial charge < -0.3 is 4.74 Å². The van der Waals surface area contributed by atoms with E-state index in [0.717, 1.165) is 19.8 Å². The van der Waals surface area contributed by atoms with Crippen molar-refractivity contribution in [1.82, 2.24) is 14.7 Å². The van der Waals surface area contributed by atoms with Crippen molar-refractivity contribution < 1.29 is 4.74 Å². The number of aryl methyl sites for hydroxylation is 1. The van der Waals surface area contributed by atoms with Crippen LogP contribution >= 0.6 is 11.8 Å². The number of ether oxygens (including phenoxy) is 1. The normalized spacial score (nSPS) is 30.3. The minimum atomic E-state index is 0.673. The molecule has 2 aliphatic heterocycles. The molecule has 0 spiro atoms. The summed E-state index contributed by atoms with van der Waals surface area (Å²) in [4.78, 5) is 2.72. The van der Waals surface area contributed by atoms with E-state index < -0.39 is 0 Å². The summed E-state index contributed by atoms with van der Waals surface area (Å²) in [6, 6.07) is 0.696. The van der Waals surface area contributed by atoms with Gasteiger partial charge in [0.25, 0.3) is 0 Å². The monoisotopic (exact) mass is 335 g/mol. The molecular weight excluding hydrogens is 306 g/mol. The molecule has 1 saturated carbocycles. The highest BCUT2D eigenvalue weighted by molar-refractivity contribution is 8.00. The molecule has 128 valence electrons. The van der Waals surface area contributed by atoms with Crippen LogP contribution in [0.2, 0.25) is 0 Å². The van der Waals surface area contributed by atoms with Crippen LogP contribution in [0.15, 0.2) is 6.20 Å². The van der Waals surface area contributed by atoms with Gasteiger partial charge in [0, 0.05) is 61.5 Å². The number of thioether (sulfide) groups is 1. The second-order valence-corrected chi connectivity index (χ2v) is 8.71. The summed E-state index contributed by atoms with van der Waals surface area (Å²) in [5, 5.41) is 5.54. The summed E-state index contributed by atoms with van der Waals surface area (Å²) in [6.07, 6.45) is 10.3. The van der Waals surface area contributed by atoms with E-state index in [1.165, 1.54) is 62.1 Å². The van der Waals surface area contributed by atoms with Gasteiger partial charge in [0.2, 0.25) is 0 Å². The van der Waals surface area contributed by atoms with E-state index in [2.05, 4.69) is 29.9 Å². The fourth-order valence-corrected chi connectivity index (χ4v) is 5.94. The molecule has 0 amide bonds. The second kappa shape index (κ2) is 7.16. The number of hydrogen-bond donors (Lipinski definition) is 0. The molecule has 4 rings (SSSR count). The molecule has 2 saturated heterocycles. The first kappa shape index (κ1) is 16.0. The van der Waals surface area contributed by atoms with E-state index in [9.17, 15) is 0 Å². The van der Waals surface area contributed by atoms with Gasteiger partial charge in [0.1, 0.15) is 0 Å². The average Bonchev–Trinajstić information content (AvgIpc) is 2.96. The van der Waals surface area contributed by atoms with Crippen LogP contribution in [0.3, 0.4) is 0 Å². The highest BCUT2D eigenvalue weighted by atomic mass is 32.2. The molecule has 23 heavy (non-hydrogen) atoms. The zero-order valence-electron chi connectivity index (χ0n) is 14.2. The lowest BCUT2D eigenvalue weighted by atomic mass is 9.85. The van der Waals surface area contributed by atoms with Crippen molar-refractivity contribution in [2.45, 2.75) is 62.3 Å². The van der Waals surface area contributed by atoms with Gasteiger partial charge in [-0.05, 0) is 19.3 Å². The van der Waals surface area contributed by atoms with Gasteiger partial charge in [-0.15, -0.1) is 0 Å². The van der Waals surface area contributed by atoms with Gasteiger partial charge in [0.05, 0.1) is 12.3 Å². The van der Waals surface area contributed by atoms with Crippen molar-refractivity contribution in [2.75, 3.05) is 25.5 Å².